The zero-order valence-electron chi connectivity index (χ0n) is 14.3. The molecule has 0 aliphatic heterocycles. The van der Waals surface area contributed by atoms with Crippen molar-refractivity contribution < 1.29 is 19.0 Å². The van der Waals surface area contributed by atoms with Crippen LogP contribution in [0.15, 0.2) is 24.3 Å². The Morgan fingerprint density at radius 2 is 1.87 bits per heavy atom. The number of hydrogen-bond acceptors (Lipinski definition) is 4. The predicted octanol–water partition coefficient (Wildman–Crippen LogP) is 4.43. The molecule has 0 spiro atoms. The highest BCUT2D eigenvalue weighted by Crippen LogP contribution is 2.22. The van der Waals surface area contributed by atoms with E-state index >= 15 is 0 Å². The fourth-order valence-electron chi connectivity index (χ4n) is 2.74. The van der Waals surface area contributed by atoms with Crippen LogP contribution in [-0.4, -0.2) is 25.5 Å². The van der Waals surface area contributed by atoms with Crippen molar-refractivity contribution in [2.24, 2.45) is 0 Å². The number of carbonyl (C=O) groups is 1. The minimum absolute atomic E-state index is 0.0276. The molecule has 1 aromatic rings. The summed E-state index contributed by atoms with van der Waals surface area (Å²) in [4.78, 5) is 11.7. The monoisotopic (exact) mass is 320 g/mol. The minimum Gasteiger partial charge on any atom is -0.482 e. The highest BCUT2D eigenvalue weighted by atomic mass is 16.7. The number of benzene rings is 1. The van der Waals surface area contributed by atoms with Crippen molar-refractivity contribution in [3.05, 3.63) is 29.8 Å². The van der Waals surface area contributed by atoms with Crippen LogP contribution in [-0.2, 0) is 14.3 Å². The van der Waals surface area contributed by atoms with E-state index < -0.39 is 5.97 Å². The zero-order valence-corrected chi connectivity index (χ0v) is 14.3. The summed E-state index contributed by atoms with van der Waals surface area (Å²) in [6.07, 6.45) is 7.16. The quantitative estimate of drug-likeness (QED) is 0.525. The summed E-state index contributed by atoms with van der Waals surface area (Å²) >= 11 is 0. The summed E-state index contributed by atoms with van der Waals surface area (Å²) in [7, 11) is 0. The van der Waals surface area contributed by atoms with Crippen LogP contribution in [0.5, 0.6) is 5.75 Å². The van der Waals surface area contributed by atoms with Crippen LogP contribution in [0.25, 0.3) is 0 Å². The van der Waals surface area contributed by atoms with Gasteiger partial charge in [-0.15, -0.1) is 0 Å². The van der Waals surface area contributed by atoms with Gasteiger partial charge in [-0.2, -0.15) is 0 Å². The topological polar surface area (TPSA) is 44.8 Å². The first-order chi connectivity index (χ1) is 11.2. The molecular formula is C19H28O4. The fraction of sp³-hybridized carbons (Fsp3) is 0.632. The van der Waals surface area contributed by atoms with Crippen molar-refractivity contribution in [2.75, 3.05) is 13.4 Å². The van der Waals surface area contributed by atoms with Gasteiger partial charge in [0.15, 0.2) is 13.4 Å². The summed E-state index contributed by atoms with van der Waals surface area (Å²) in [5, 5.41) is 0. The van der Waals surface area contributed by atoms with E-state index in [1.165, 1.54) is 24.8 Å². The highest BCUT2D eigenvalue weighted by molar-refractivity contribution is 5.71. The Morgan fingerprint density at radius 3 is 2.52 bits per heavy atom. The lowest BCUT2D eigenvalue weighted by Crippen LogP contribution is -2.22. The van der Waals surface area contributed by atoms with Gasteiger partial charge in [-0.3, -0.25) is 0 Å². The lowest BCUT2D eigenvalue weighted by atomic mass is 9.98. The summed E-state index contributed by atoms with van der Waals surface area (Å²) in [6.45, 7) is 4.30. The number of hydrogen-bond donors (Lipinski definition) is 0. The fourth-order valence-corrected chi connectivity index (χ4v) is 2.74. The van der Waals surface area contributed by atoms with Crippen molar-refractivity contribution in [3.8, 4) is 5.75 Å². The van der Waals surface area contributed by atoms with Gasteiger partial charge >= 0.3 is 5.97 Å². The molecule has 0 bridgehead atoms. The third-order valence-electron chi connectivity index (χ3n) is 4.49. The average molecular weight is 320 g/mol. The van der Waals surface area contributed by atoms with E-state index in [1.54, 1.807) is 0 Å². The van der Waals surface area contributed by atoms with Crippen molar-refractivity contribution in [2.45, 2.75) is 64.4 Å². The molecule has 2 rings (SSSR count). The summed E-state index contributed by atoms with van der Waals surface area (Å²) < 4.78 is 16.1. The molecule has 1 atom stereocenters. The van der Waals surface area contributed by atoms with Crippen molar-refractivity contribution in [1.29, 1.82) is 0 Å². The van der Waals surface area contributed by atoms with E-state index in [0.717, 1.165) is 19.3 Å². The maximum absolute atomic E-state index is 11.7. The predicted molar refractivity (Wildman–Crippen MR) is 89.6 cm³/mol. The molecule has 1 aliphatic carbocycles. The van der Waals surface area contributed by atoms with Crippen LogP contribution in [0.3, 0.4) is 0 Å². The molecule has 23 heavy (non-hydrogen) atoms. The zero-order chi connectivity index (χ0) is 16.5. The van der Waals surface area contributed by atoms with E-state index in [0.29, 0.717) is 11.7 Å². The third-order valence-corrected chi connectivity index (χ3v) is 4.49. The van der Waals surface area contributed by atoms with E-state index in [4.69, 9.17) is 14.2 Å². The maximum atomic E-state index is 11.7. The van der Waals surface area contributed by atoms with E-state index in [2.05, 4.69) is 13.8 Å². The molecule has 128 valence electrons. The average Bonchev–Trinajstić information content (AvgIpc) is 2.60. The largest absolute Gasteiger partial charge is 0.482 e. The van der Waals surface area contributed by atoms with Crippen LogP contribution in [0, 0.1) is 0 Å². The molecule has 0 aromatic heterocycles. The van der Waals surface area contributed by atoms with Gasteiger partial charge < -0.3 is 14.2 Å². The number of ether oxygens (including phenoxy) is 3. The molecule has 4 nitrogen and oxygen atoms in total. The van der Waals surface area contributed by atoms with Gasteiger partial charge in [0.25, 0.3) is 0 Å². The van der Waals surface area contributed by atoms with Crippen molar-refractivity contribution in [1.82, 2.24) is 0 Å². The number of carbonyl (C=O) groups excluding carboxylic acids is 1. The summed E-state index contributed by atoms with van der Waals surface area (Å²) in [5.41, 5.74) is 1.28. The molecular weight excluding hydrogens is 292 g/mol. The molecule has 0 heterocycles. The van der Waals surface area contributed by atoms with Gasteiger partial charge in [-0.05, 0) is 42.9 Å². The van der Waals surface area contributed by atoms with Gasteiger partial charge in [-0.1, -0.05) is 45.2 Å². The first-order valence-corrected chi connectivity index (χ1v) is 8.69. The van der Waals surface area contributed by atoms with Gasteiger partial charge in [0.1, 0.15) is 5.75 Å². The Balaban J connectivity index is 1.63. The molecule has 0 saturated heterocycles. The van der Waals surface area contributed by atoms with Crippen molar-refractivity contribution in [3.63, 3.8) is 0 Å². The maximum Gasteiger partial charge on any atom is 0.346 e. The first-order valence-electron chi connectivity index (χ1n) is 8.69. The third kappa shape index (κ3) is 6.22. The van der Waals surface area contributed by atoms with Crippen LogP contribution < -0.4 is 4.74 Å². The molecule has 1 unspecified atom stereocenters. The lowest BCUT2D eigenvalue weighted by Gasteiger charge is -2.21. The molecule has 0 radical (unpaired) electrons. The van der Waals surface area contributed by atoms with Crippen LogP contribution in [0.2, 0.25) is 0 Å². The molecule has 1 saturated carbocycles. The second kappa shape index (κ2) is 9.56. The smallest absolute Gasteiger partial charge is 0.346 e. The second-order valence-electron chi connectivity index (χ2n) is 6.23. The second-order valence-corrected chi connectivity index (χ2v) is 6.23. The number of esters is 1. The van der Waals surface area contributed by atoms with Gasteiger partial charge in [0, 0.05) is 0 Å². The molecule has 0 amide bonds. The minimum atomic E-state index is -0.396. The molecule has 0 N–H and O–H groups in total. The number of rotatable bonds is 8. The van der Waals surface area contributed by atoms with E-state index in [-0.39, 0.29) is 19.5 Å². The normalized spacial score (nSPS) is 16.8. The van der Waals surface area contributed by atoms with E-state index in [9.17, 15) is 4.79 Å². The van der Waals surface area contributed by atoms with Gasteiger partial charge in [0.2, 0.25) is 0 Å². The SMILES string of the molecule is CCC(C)c1ccc(OCC(=O)OCOC2CCCCC2)cc1. The van der Waals surface area contributed by atoms with Crippen LogP contribution >= 0.6 is 0 Å². The lowest BCUT2D eigenvalue weighted by molar-refractivity contribution is -0.164. The molecule has 1 fully saturated rings. The molecule has 1 aliphatic rings. The standard InChI is InChI=1S/C19H28O4/c1-3-15(2)16-9-11-18(12-10-16)21-13-19(20)23-14-22-17-7-5-4-6-8-17/h9-12,15,17H,3-8,13-14H2,1-2H3. The first kappa shape index (κ1) is 17.8. The molecule has 1 aromatic carbocycles. The Labute approximate surface area is 139 Å². The Hall–Kier alpha value is -1.55. The van der Waals surface area contributed by atoms with Crippen LogP contribution in [0.1, 0.15) is 63.9 Å². The highest BCUT2D eigenvalue weighted by Gasteiger charge is 2.14. The van der Waals surface area contributed by atoms with Crippen LogP contribution in [0.4, 0.5) is 0 Å². The Morgan fingerprint density at radius 1 is 1.17 bits per heavy atom. The van der Waals surface area contributed by atoms with Gasteiger partial charge in [-0.25, -0.2) is 4.79 Å². The summed E-state index contributed by atoms with van der Waals surface area (Å²) in [6, 6.07) is 7.88. The van der Waals surface area contributed by atoms with Gasteiger partial charge in [0.05, 0.1) is 6.10 Å². The Bertz CT molecular complexity index is 463. The molecule has 4 heteroatoms. The van der Waals surface area contributed by atoms with E-state index in [1.807, 2.05) is 24.3 Å². The summed E-state index contributed by atoms with van der Waals surface area (Å²) in [5.74, 6) is 0.819. The van der Waals surface area contributed by atoms with Crippen molar-refractivity contribution >= 4 is 5.97 Å². The Kier molecular flexibility index (Phi) is 7.40.